The lowest BCUT2D eigenvalue weighted by Crippen LogP contribution is -2.41. The zero-order valence-electron chi connectivity index (χ0n) is 7.87. The van der Waals surface area contributed by atoms with E-state index in [-0.39, 0.29) is 6.10 Å². The summed E-state index contributed by atoms with van der Waals surface area (Å²) in [7, 11) is 0. The number of aliphatic hydroxyl groups excluding tert-OH is 1. The van der Waals surface area contributed by atoms with Crippen molar-refractivity contribution in [3.63, 3.8) is 0 Å². The second-order valence-corrected chi connectivity index (χ2v) is 4.36. The van der Waals surface area contributed by atoms with Crippen molar-refractivity contribution in [2.24, 2.45) is 5.73 Å². The van der Waals surface area contributed by atoms with Gasteiger partial charge in [-0.1, -0.05) is 0 Å². The third kappa shape index (κ3) is 1.80. The standard InChI is InChI=1S/C10H14ClNO2/c11-9-2-1-8(14-9)10(12)5-3-7(13)4-6-10/h1-2,7,13H,3-6,12H2. The van der Waals surface area contributed by atoms with E-state index in [1.165, 1.54) is 0 Å². The zero-order valence-corrected chi connectivity index (χ0v) is 8.63. The monoisotopic (exact) mass is 215 g/mol. The summed E-state index contributed by atoms with van der Waals surface area (Å²) in [6.07, 6.45) is 2.75. The molecule has 1 aromatic heterocycles. The van der Waals surface area contributed by atoms with Gasteiger partial charge in [-0.2, -0.15) is 0 Å². The normalized spacial score (nSPS) is 33.2. The molecule has 78 valence electrons. The van der Waals surface area contributed by atoms with Gasteiger partial charge in [0.25, 0.3) is 0 Å². The molecule has 0 aliphatic heterocycles. The van der Waals surface area contributed by atoms with Crippen LogP contribution in [0.4, 0.5) is 0 Å². The Morgan fingerprint density at radius 1 is 1.43 bits per heavy atom. The molecule has 1 aliphatic carbocycles. The highest BCUT2D eigenvalue weighted by Crippen LogP contribution is 2.36. The maximum Gasteiger partial charge on any atom is 0.193 e. The van der Waals surface area contributed by atoms with Gasteiger partial charge in [-0.25, -0.2) is 0 Å². The van der Waals surface area contributed by atoms with Gasteiger partial charge < -0.3 is 15.3 Å². The molecule has 3 nitrogen and oxygen atoms in total. The first-order valence-corrected chi connectivity index (χ1v) is 5.21. The topological polar surface area (TPSA) is 59.4 Å². The Morgan fingerprint density at radius 2 is 2.07 bits per heavy atom. The lowest BCUT2D eigenvalue weighted by molar-refractivity contribution is 0.0895. The number of hydrogen-bond acceptors (Lipinski definition) is 3. The van der Waals surface area contributed by atoms with Crippen LogP contribution in [-0.4, -0.2) is 11.2 Å². The van der Waals surface area contributed by atoms with Gasteiger partial charge in [-0.05, 0) is 49.4 Å². The average Bonchev–Trinajstić information content (AvgIpc) is 2.58. The third-order valence-corrected chi connectivity index (χ3v) is 3.11. The van der Waals surface area contributed by atoms with Crippen molar-refractivity contribution in [1.82, 2.24) is 0 Å². The molecule has 0 spiro atoms. The van der Waals surface area contributed by atoms with E-state index < -0.39 is 5.54 Å². The second-order valence-electron chi connectivity index (χ2n) is 3.99. The van der Waals surface area contributed by atoms with Crippen LogP contribution in [-0.2, 0) is 5.54 Å². The average molecular weight is 216 g/mol. The van der Waals surface area contributed by atoms with Crippen molar-refractivity contribution < 1.29 is 9.52 Å². The summed E-state index contributed by atoms with van der Waals surface area (Å²) >= 11 is 5.70. The summed E-state index contributed by atoms with van der Waals surface area (Å²) < 4.78 is 5.32. The summed E-state index contributed by atoms with van der Waals surface area (Å²) in [6, 6.07) is 3.52. The van der Waals surface area contributed by atoms with Crippen molar-refractivity contribution in [1.29, 1.82) is 0 Å². The highest BCUT2D eigenvalue weighted by molar-refractivity contribution is 6.28. The highest BCUT2D eigenvalue weighted by atomic mass is 35.5. The van der Waals surface area contributed by atoms with Crippen LogP contribution in [0.5, 0.6) is 0 Å². The quantitative estimate of drug-likeness (QED) is 0.754. The van der Waals surface area contributed by atoms with E-state index in [0.29, 0.717) is 5.22 Å². The Morgan fingerprint density at radius 3 is 2.57 bits per heavy atom. The molecule has 1 fully saturated rings. The minimum absolute atomic E-state index is 0.211. The Hall–Kier alpha value is -0.510. The molecule has 0 unspecified atom stereocenters. The van der Waals surface area contributed by atoms with Crippen molar-refractivity contribution >= 4 is 11.6 Å². The minimum atomic E-state index is -0.438. The predicted molar refractivity (Wildman–Crippen MR) is 54.1 cm³/mol. The van der Waals surface area contributed by atoms with Crippen LogP contribution in [0.3, 0.4) is 0 Å². The van der Waals surface area contributed by atoms with Crippen LogP contribution in [0.1, 0.15) is 31.4 Å². The maximum absolute atomic E-state index is 9.38. The number of aliphatic hydroxyl groups is 1. The third-order valence-electron chi connectivity index (χ3n) is 2.91. The van der Waals surface area contributed by atoms with Gasteiger partial charge in [0.2, 0.25) is 0 Å². The van der Waals surface area contributed by atoms with Crippen LogP contribution >= 0.6 is 11.6 Å². The van der Waals surface area contributed by atoms with Crippen LogP contribution in [0.25, 0.3) is 0 Å². The largest absolute Gasteiger partial charge is 0.448 e. The molecule has 1 heterocycles. The first-order chi connectivity index (χ1) is 6.60. The van der Waals surface area contributed by atoms with Crippen molar-refractivity contribution in [3.05, 3.63) is 23.1 Å². The summed E-state index contributed by atoms with van der Waals surface area (Å²) in [5.41, 5.74) is 5.75. The number of furan rings is 1. The molecule has 14 heavy (non-hydrogen) atoms. The summed E-state index contributed by atoms with van der Waals surface area (Å²) in [5, 5.41) is 9.75. The smallest absolute Gasteiger partial charge is 0.193 e. The number of hydrogen-bond donors (Lipinski definition) is 2. The summed E-state index contributed by atoms with van der Waals surface area (Å²) in [6.45, 7) is 0. The Balaban J connectivity index is 2.16. The Kier molecular flexibility index (Phi) is 2.56. The van der Waals surface area contributed by atoms with Crippen molar-refractivity contribution in [3.8, 4) is 0 Å². The molecule has 0 radical (unpaired) electrons. The molecule has 2 rings (SSSR count). The van der Waals surface area contributed by atoms with E-state index in [9.17, 15) is 5.11 Å². The van der Waals surface area contributed by atoms with Gasteiger partial charge in [-0.3, -0.25) is 0 Å². The highest BCUT2D eigenvalue weighted by Gasteiger charge is 2.35. The van der Waals surface area contributed by atoms with Crippen LogP contribution in [0.15, 0.2) is 16.5 Å². The van der Waals surface area contributed by atoms with Crippen molar-refractivity contribution in [2.45, 2.75) is 37.3 Å². The van der Waals surface area contributed by atoms with E-state index in [2.05, 4.69) is 0 Å². The Labute approximate surface area is 87.8 Å². The lowest BCUT2D eigenvalue weighted by Gasteiger charge is -2.33. The van der Waals surface area contributed by atoms with Crippen LogP contribution in [0.2, 0.25) is 5.22 Å². The van der Waals surface area contributed by atoms with Gasteiger partial charge in [0.15, 0.2) is 5.22 Å². The first-order valence-electron chi connectivity index (χ1n) is 4.83. The Bertz CT molecular complexity index is 316. The van der Waals surface area contributed by atoms with E-state index in [1.54, 1.807) is 6.07 Å². The number of halogens is 1. The van der Waals surface area contributed by atoms with Crippen LogP contribution < -0.4 is 5.73 Å². The van der Waals surface area contributed by atoms with E-state index >= 15 is 0 Å². The van der Waals surface area contributed by atoms with Gasteiger partial charge >= 0.3 is 0 Å². The van der Waals surface area contributed by atoms with Crippen molar-refractivity contribution in [2.75, 3.05) is 0 Å². The maximum atomic E-state index is 9.38. The van der Waals surface area contributed by atoms with E-state index in [1.807, 2.05) is 6.07 Å². The van der Waals surface area contributed by atoms with Gasteiger partial charge in [-0.15, -0.1) is 0 Å². The van der Waals surface area contributed by atoms with Crippen LogP contribution in [0, 0.1) is 0 Å². The number of rotatable bonds is 1. The fraction of sp³-hybridized carbons (Fsp3) is 0.600. The molecule has 0 atom stereocenters. The molecule has 1 aromatic rings. The summed E-state index contributed by atoms with van der Waals surface area (Å²) in [4.78, 5) is 0. The molecule has 4 heteroatoms. The molecule has 1 saturated carbocycles. The molecular weight excluding hydrogens is 202 g/mol. The molecule has 0 bridgehead atoms. The van der Waals surface area contributed by atoms with Gasteiger partial charge in [0.05, 0.1) is 11.6 Å². The lowest BCUT2D eigenvalue weighted by atomic mass is 9.79. The first kappa shape index (κ1) is 10.0. The molecule has 0 amide bonds. The number of nitrogens with two attached hydrogens (primary N) is 1. The SMILES string of the molecule is NC1(c2ccc(Cl)o2)CCC(O)CC1. The molecule has 1 aliphatic rings. The summed E-state index contributed by atoms with van der Waals surface area (Å²) in [5.74, 6) is 0.731. The second kappa shape index (κ2) is 3.57. The zero-order chi connectivity index (χ0) is 10.2. The van der Waals surface area contributed by atoms with E-state index in [4.69, 9.17) is 21.8 Å². The van der Waals surface area contributed by atoms with Gasteiger partial charge in [0, 0.05) is 0 Å². The van der Waals surface area contributed by atoms with E-state index in [0.717, 1.165) is 31.4 Å². The molecule has 0 saturated heterocycles. The predicted octanol–water partition coefficient (Wildman–Crippen LogP) is 2.02. The van der Waals surface area contributed by atoms with Gasteiger partial charge in [0.1, 0.15) is 5.76 Å². The molecule has 0 aromatic carbocycles. The fourth-order valence-electron chi connectivity index (χ4n) is 1.95. The fourth-order valence-corrected chi connectivity index (χ4v) is 2.09. The molecular formula is C10H14ClNO2. The minimum Gasteiger partial charge on any atom is -0.448 e. The molecule has 3 N–H and O–H groups in total.